The van der Waals surface area contributed by atoms with Crippen LogP contribution in [-0.4, -0.2) is 31.3 Å². The van der Waals surface area contributed by atoms with E-state index in [0.29, 0.717) is 23.7 Å². The Balaban J connectivity index is 2.82. The quantitative estimate of drug-likeness (QED) is 0.790. The monoisotopic (exact) mass is 321 g/mol. The van der Waals surface area contributed by atoms with Gasteiger partial charge in [0.05, 0.1) is 11.6 Å². The molecule has 0 aliphatic carbocycles. The third-order valence-electron chi connectivity index (χ3n) is 2.18. The van der Waals surface area contributed by atoms with Crippen molar-refractivity contribution in [3.63, 3.8) is 0 Å². The second kappa shape index (κ2) is 6.96. The zero-order valence-corrected chi connectivity index (χ0v) is 11.6. The molecule has 1 aromatic carbocycles. The summed E-state index contributed by atoms with van der Waals surface area (Å²) in [5.41, 5.74) is 0.613. The lowest BCUT2D eigenvalue weighted by molar-refractivity contribution is -0.139. The average Bonchev–Trinajstić information content (AvgIpc) is 2.28. The Hall–Kier alpha value is -0.620. The molecule has 0 bridgehead atoms. The number of carboxylic acid groups (broad SMARTS) is 1. The Kier molecular flexibility index (Phi) is 5.91. The molecule has 0 fully saturated rings. The van der Waals surface area contributed by atoms with Crippen molar-refractivity contribution in [2.24, 2.45) is 0 Å². The number of halogens is 2. The first-order chi connectivity index (χ1) is 8.06. The van der Waals surface area contributed by atoms with Crippen molar-refractivity contribution in [3.8, 4) is 0 Å². The van der Waals surface area contributed by atoms with Crippen LogP contribution in [0.25, 0.3) is 0 Å². The van der Waals surface area contributed by atoms with Gasteiger partial charge in [-0.2, -0.15) is 0 Å². The third-order valence-corrected chi connectivity index (χ3v) is 3.41. The summed E-state index contributed by atoms with van der Waals surface area (Å²) >= 11 is 9.19. The fourth-order valence-electron chi connectivity index (χ4n) is 1.35. The maximum absolute atomic E-state index is 11.1. The Morgan fingerprint density at radius 1 is 1.65 bits per heavy atom. The maximum atomic E-state index is 11.1. The topological polar surface area (TPSA) is 58.6 Å². The molecular weight excluding hydrogens is 309 g/mol. The molecule has 0 saturated carbocycles. The van der Waals surface area contributed by atoms with Gasteiger partial charge in [-0.25, -0.2) is 0 Å². The Morgan fingerprint density at radius 3 is 2.88 bits per heavy atom. The molecule has 1 atom stereocenters. The molecular formula is C11H13BrClNO3. The van der Waals surface area contributed by atoms with E-state index in [0.717, 1.165) is 4.47 Å². The van der Waals surface area contributed by atoms with Crippen LogP contribution in [0.3, 0.4) is 0 Å². The van der Waals surface area contributed by atoms with Crippen LogP contribution in [0.4, 0.5) is 0 Å². The lowest BCUT2D eigenvalue weighted by atomic mass is 10.1. The van der Waals surface area contributed by atoms with Crippen molar-refractivity contribution in [2.75, 3.05) is 20.3 Å². The number of carboxylic acids is 1. The van der Waals surface area contributed by atoms with Gasteiger partial charge >= 0.3 is 5.97 Å². The smallest absolute Gasteiger partial charge is 0.325 e. The third kappa shape index (κ3) is 4.27. The minimum Gasteiger partial charge on any atom is -0.480 e. The number of rotatable bonds is 6. The minimum absolute atomic E-state index is 0.452. The highest BCUT2D eigenvalue weighted by Crippen LogP contribution is 2.26. The molecule has 0 aromatic heterocycles. The molecule has 6 heteroatoms. The van der Waals surface area contributed by atoms with Gasteiger partial charge in [0.2, 0.25) is 0 Å². The van der Waals surface area contributed by atoms with E-state index in [4.69, 9.17) is 21.4 Å². The van der Waals surface area contributed by atoms with Crippen molar-refractivity contribution < 1.29 is 14.6 Å². The fraction of sp³-hybridized carbons (Fsp3) is 0.364. The normalized spacial score (nSPS) is 12.4. The van der Waals surface area contributed by atoms with Crippen LogP contribution < -0.4 is 5.32 Å². The molecule has 0 heterocycles. The summed E-state index contributed by atoms with van der Waals surface area (Å²) in [6.45, 7) is 0.912. The predicted molar refractivity (Wildman–Crippen MR) is 69.4 cm³/mol. The molecule has 94 valence electrons. The van der Waals surface area contributed by atoms with Gasteiger partial charge in [0.1, 0.15) is 6.04 Å². The molecule has 1 unspecified atom stereocenters. The summed E-state index contributed by atoms with van der Waals surface area (Å²) < 4.78 is 5.60. The zero-order valence-electron chi connectivity index (χ0n) is 9.24. The van der Waals surface area contributed by atoms with Crippen molar-refractivity contribution in [2.45, 2.75) is 6.04 Å². The first kappa shape index (κ1) is 14.4. The Labute approximate surface area is 113 Å². The number of benzene rings is 1. The van der Waals surface area contributed by atoms with Crippen LogP contribution in [-0.2, 0) is 9.53 Å². The van der Waals surface area contributed by atoms with Crippen molar-refractivity contribution in [1.82, 2.24) is 5.32 Å². The van der Waals surface area contributed by atoms with E-state index in [-0.39, 0.29) is 0 Å². The summed E-state index contributed by atoms with van der Waals surface area (Å²) in [5, 5.41) is 12.5. The van der Waals surface area contributed by atoms with Gasteiger partial charge in [-0.15, -0.1) is 0 Å². The van der Waals surface area contributed by atoms with Crippen molar-refractivity contribution >= 4 is 33.5 Å². The van der Waals surface area contributed by atoms with Crippen molar-refractivity contribution in [3.05, 3.63) is 33.3 Å². The van der Waals surface area contributed by atoms with Gasteiger partial charge in [0.25, 0.3) is 0 Å². The number of aliphatic carboxylic acids is 1. The number of hydrogen-bond acceptors (Lipinski definition) is 3. The molecule has 0 aliphatic rings. The number of ether oxygens (including phenoxy) is 1. The average molecular weight is 323 g/mol. The summed E-state index contributed by atoms with van der Waals surface area (Å²) in [6, 6.07) is 4.29. The highest BCUT2D eigenvalue weighted by Gasteiger charge is 2.19. The number of methoxy groups -OCH3 is 1. The van der Waals surface area contributed by atoms with E-state index in [9.17, 15) is 4.79 Å². The maximum Gasteiger partial charge on any atom is 0.325 e. The molecule has 1 rings (SSSR count). The molecule has 1 aromatic rings. The van der Waals surface area contributed by atoms with E-state index >= 15 is 0 Å². The lowest BCUT2D eigenvalue weighted by Crippen LogP contribution is -2.31. The van der Waals surface area contributed by atoms with Crippen LogP contribution in [0.1, 0.15) is 11.6 Å². The van der Waals surface area contributed by atoms with E-state index in [2.05, 4.69) is 21.2 Å². The van der Waals surface area contributed by atoms with E-state index in [1.807, 2.05) is 0 Å². The van der Waals surface area contributed by atoms with Crippen LogP contribution in [0.2, 0.25) is 5.02 Å². The van der Waals surface area contributed by atoms with Crippen molar-refractivity contribution in [1.29, 1.82) is 0 Å². The van der Waals surface area contributed by atoms with Gasteiger partial charge in [-0.05, 0) is 33.6 Å². The first-order valence-corrected chi connectivity index (χ1v) is 6.13. The molecule has 0 aliphatic heterocycles. The standard InChI is InChI=1S/C11H13BrClNO3/c1-17-5-4-14-10(11(15)16)7-2-3-8(12)9(13)6-7/h2-3,6,10,14H,4-5H2,1H3,(H,15,16). The predicted octanol–water partition coefficient (Wildman–Crippen LogP) is 2.46. The SMILES string of the molecule is COCCNC(C(=O)O)c1ccc(Br)c(Cl)c1. The Morgan fingerprint density at radius 2 is 2.35 bits per heavy atom. The molecule has 17 heavy (non-hydrogen) atoms. The number of hydrogen-bond donors (Lipinski definition) is 2. The van der Waals surface area contributed by atoms with Gasteiger partial charge < -0.3 is 9.84 Å². The van der Waals surface area contributed by atoms with E-state index in [1.54, 1.807) is 25.3 Å². The highest BCUT2D eigenvalue weighted by atomic mass is 79.9. The second-order valence-electron chi connectivity index (χ2n) is 3.39. The molecule has 2 N–H and O–H groups in total. The van der Waals surface area contributed by atoms with Gasteiger partial charge in [0, 0.05) is 18.1 Å². The number of carbonyl (C=O) groups is 1. The van der Waals surface area contributed by atoms with Gasteiger partial charge in [-0.1, -0.05) is 17.7 Å². The van der Waals surface area contributed by atoms with Crippen LogP contribution in [0, 0.1) is 0 Å². The first-order valence-electron chi connectivity index (χ1n) is 4.96. The second-order valence-corrected chi connectivity index (χ2v) is 4.65. The van der Waals surface area contributed by atoms with Crippen LogP contribution in [0.15, 0.2) is 22.7 Å². The largest absolute Gasteiger partial charge is 0.480 e. The van der Waals surface area contributed by atoms with E-state index < -0.39 is 12.0 Å². The fourth-order valence-corrected chi connectivity index (χ4v) is 1.78. The molecule has 4 nitrogen and oxygen atoms in total. The van der Waals surface area contributed by atoms with Gasteiger partial charge in [0.15, 0.2) is 0 Å². The minimum atomic E-state index is -0.945. The highest BCUT2D eigenvalue weighted by molar-refractivity contribution is 9.10. The summed E-state index contributed by atoms with van der Waals surface area (Å²) in [4.78, 5) is 11.1. The molecule has 0 saturated heterocycles. The molecule has 0 radical (unpaired) electrons. The summed E-state index contributed by atoms with van der Waals surface area (Å²) in [5.74, 6) is -0.945. The Bertz CT molecular complexity index is 400. The van der Waals surface area contributed by atoms with Crippen LogP contribution in [0.5, 0.6) is 0 Å². The summed E-state index contributed by atoms with van der Waals surface area (Å²) in [7, 11) is 1.56. The lowest BCUT2D eigenvalue weighted by Gasteiger charge is -2.15. The van der Waals surface area contributed by atoms with E-state index in [1.165, 1.54) is 0 Å². The molecule has 0 spiro atoms. The van der Waals surface area contributed by atoms with Crippen LogP contribution >= 0.6 is 27.5 Å². The number of nitrogens with one attached hydrogen (secondary N) is 1. The zero-order chi connectivity index (χ0) is 12.8. The summed E-state index contributed by atoms with van der Waals surface area (Å²) in [6.07, 6.45) is 0. The van der Waals surface area contributed by atoms with Gasteiger partial charge in [-0.3, -0.25) is 10.1 Å². The molecule has 0 amide bonds.